The molecule has 0 unspecified atom stereocenters. The second-order valence-corrected chi connectivity index (χ2v) is 9.33. The van der Waals surface area contributed by atoms with Crippen LogP contribution in [-0.2, 0) is 11.5 Å². The fraction of sp³-hybridized carbons (Fsp3) is 0.0833. The molecule has 0 radical (unpaired) electrons. The van der Waals surface area contributed by atoms with E-state index in [1.165, 1.54) is 44.0 Å². The Kier molecular flexibility index (Phi) is 6.50. The molecule has 3 aromatic carbocycles. The lowest BCUT2D eigenvalue weighted by molar-refractivity contribution is 0.847. The van der Waals surface area contributed by atoms with Crippen LogP contribution < -0.4 is 11.7 Å². The smallest absolute Gasteiger partial charge is 0.210 e. The van der Waals surface area contributed by atoms with Gasteiger partial charge in [0.25, 0.3) is 0 Å². The monoisotopic (exact) mass is 486 g/mol. The largest absolute Gasteiger partial charge is 0.335 e. The van der Waals surface area contributed by atoms with Crippen molar-refractivity contribution in [3.05, 3.63) is 96.1 Å². The van der Waals surface area contributed by atoms with Gasteiger partial charge >= 0.3 is 0 Å². The summed E-state index contributed by atoms with van der Waals surface area (Å²) >= 11 is 3.06. The minimum absolute atomic E-state index is 0.535. The molecule has 10 heteroatoms. The number of nitrogen functional groups attached to an aromatic ring is 2. The molecule has 2 aromatic heterocycles. The third-order valence-corrected chi connectivity index (χ3v) is 7.19. The summed E-state index contributed by atoms with van der Waals surface area (Å²) < 4.78 is 3.02. The number of nitrogens with two attached hydrogens (primary N) is 2. The first-order valence-electron chi connectivity index (χ1n) is 10.5. The molecule has 5 rings (SSSR count). The molecule has 0 aliphatic carbocycles. The van der Waals surface area contributed by atoms with Crippen LogP contribution in [0.5, 0.6) is 0 Å². The number of aromatic nitrogens is 6. The molecule has 2 heterocycles. The summed E-state index contributed by atoms with van der Waals surface area (Å²) in [5.41, 5.74) is 3.94. The molecular weight excluding hydrogens is 464 g/mol. The van der Waals surface area contributed by atoms with Crippen molar-refractivity contribution in [2.75, 3.05) is 11.7 Å². The van der Waals surface area contributed by atoms with Gasteiger partial charge in [-0.2, -0.15) is 0 Å². The Hall–Kier alpha value is -3.76. The van der Waals surface area contributed by atoms with Gasteiger partial charge in [0.2, 0.25) is 10.3 Å². The minimum atomic E-state index is 0.535. The Balaban J connectivity index is 1.39. The molecule has 0 amide bonds. The Morgan fingerprint density at radius 1 is 0.529 bits per heavy atom. The molecule has 8 nitrogen and oxygen atoms in total. The fourth-order valence-corrected chi connectivity index (χ4v) is 5.06. The first-order valence-corrected chi connectivity index (χ1v) is 12.5. The maximum atomic E-state index is 6.39. The van der Waals surface area contributed by atoms with Crippen LogP contribution >= 0.6 is 23.5 Å². The summed E-state index contributed by atoms with van der Waals surface area (Å²) in [6.07, 6.45) is 0. The average molecular weight is 487 g/mol. The van der Waals surface area contributed by atoms with E-state index in [0.29, 0.717) is 22.0 Å². The van der Waals surface area contributed by atoms with Gasteiger partial charge < -0.3 is 11.7 Å². The molecule has 0 aliphatic heterocycles. The van der Waals surface area contributed by atoms with Crippen LogP contribution in [-0.4, -0.2) is 29.7 Å². The number of nitrogens with zero attached hydrogens (tertiary/aromatic N) is 6. The molecule has 34 heavy (non-hydrogen) atoms. The Bertz CT molecular complexity index is 1280. The van der Waals surface area contributed by atoms with E-state index in [-0.39, 0.29) is 0 Å². The predicted octanol–water partition coefficient (Wildman–Crippen LogP) is 4.22. The standard InChI is InChI=1S/C24H22N8S2/c25-31-21(27-29-23(31)33-15-17-9-3-1-4-10-17)19-13-7-8-14-20(19)22-28-30-24(32(22)26)34-16-18-11-5-2-6-12-18/h1-14H,15-16,25-26H2. The highest BCUT2D eigenvalue weighted by Gasteiger charge is 2.20. The highest BCUT2D eigenvalue weighted by molar-refractivity contribution is 7.98. The predicted molar refractivity (Wildman–Crippen MR) is 137 cm³/mol. The maximum absolute atomic E-state index is 6.39. The summed E-state index contributed by atoms with van der Waals surface area (Å²) in [6, 6.07) is 28.0. The molecule has 0 aliphatic rings. The van der Waals surface area contributed by atoms with E-state index in [1.54, 1.807) is 0 Å². The van der Waals surface area contributed by atoms with Crippen LogP contribution in [0.4, 0.5) is 0 Å². The Labute approximate surface area is 205 Å². The molecule has 0 fully saturated rings. The summed E-state index contributed by atoms with van der Waals surface area (Å²) in [7, 11) is 0. The molecule has 0 bridgehead atoms. The maximum Gasteiger partial charge on any atom is 0.210 e. The zero-order chi connectivity index (χ0) is 23.3. The molecule has 0 saturated heterocycles. The second-order valence-electron chi connectivity index (χ2n) is 7.45. The van der Waals surface area contributed by atoms with E-state index in [1.807, 2.05) is 60.7 Å². The Morgan fingerprint density at radius 2 is 0.912 bits per heavy atom. The lowest BCUT2D eigenvalue weighted by Crippen LogP contribution is -2.14. The van der Waals surface area contributed by atoms with Crippen molar-refractivity contribution < 1.29 is 0 Å². The number of thioether (sulfide) groups is 2. The van der Waals surface area contributed by atoms with Gasteiger partial charge in [0.1, 0.15) is 0 Å². The van der Waals surface area contributed by atoms with Gasteiger partial charge in [0, 0.05) is 22.6 Å². The first kappa shape index (κ1) is 22.1. The number of rotatable bonds is 8. The molecule has 5 aromatic rings. The zero-order valence-electron chi connectivity index (χ0n) is 18.2. The normalized spacial score (nSPS) is 11.1. The van der Waals surface area contributed by atoms with Crippen LogP contribution in [0.3, 0.4) is 0 Å². The van der Waals surface area contributed by atoms with Crippen molar-refractivity contribution in [2.24, 2.45) is 0 Å². The van der Waals surface area contributed by atoms with Gasteiger partial charge in [-0.3, -0.25) is 0 Å². The fourth-order valence-electron chi connectivity index (χ4n) is 3.44. The van der Waals surface area contributed by atoms with E-state index in [2.05, 4.69) is 44.7 Å². The van der Waals surface area contributed by atoms with Gasteiger partial charge in [-0.1, -0.05) is 108 Å². The SMILES string of the molecule is Nn1c(SCc2ccccc2)nnc1-c1ccccc1-c1nnc(SCc2ccccc2)n1N. The van der Waals surface area contributed by atoms with E-state index in [0.717, 1.165) is 22.6 Å². The third-order valence-electron chi connectivity index (χ3n) is 5.16. The van der Waals surface area contributed by atoms with Gasteiger partial charge in [0.15, 0.2) is 11.6 Å². The van der Waals surface area contributed by atoms with Crippen LogP contribution in [0.1, 0.15) is 11.1 Å². The highest BCUT2D eigenvalue weighted by atomic mass is 32.2. The number of hydrogen-bond acceptors (Lipinski definition) is 8. The van der Waals surface area contributed by atoms with Crippen LogP contribution in [0.25, 0.3) is 22.8 Å². The van der Waals surface area contributed by atoms with Gasteiger partial charge in [-0.15, -0.1) is 20.4 Å². The van der Waals surface area contributed by atoms with Crippen molar-refractivity contribution in [3.63, 3.8) is 0 Å². The molecule has 170 valence electrons. The summed E-state index contributed by atoms with van der Waals surface area (Å²) in [6.45, 7) is 0. The zero-order valence-corrected chi connectivity index (χ0v) is 19.8. The van der Waals surface area contributed by atoms with Crippen molar-refractivity contribution in [1.82, 2.24) is 29.7 Å². The van der Waals surface area contributed by atoms with E-state index in [9.17, 15) is 0 Å². The number of hydrogen-bond donors (Lipinski definition) is 2. The summed E-state index contributed by atoms with van der Waals surface area (Å²) in [5.74, 6) is 15.4. The Morgan fingerprint density at radius 3 is 1.32 bits per heavy atom. The summed E-state index contributed by atoms with van der Waals surface area (Å²) in [5, 5.41) is 18.6. The molecule has 0 atom stereocenters. The van der Waals surface area contributed by atoms with E-state index in [4.69, 9.17) is 11.7 Å². The van der Waals surface area contributed by atoms with Crippen LogP contribution in [0.2, 0.25) is 0 Å². The highest BCUT2D eigenvalue weighted by Crippen LogP contribution is 2.32. The quantitative estimate of drug-likeness (QED) is 0.248. The van der Waals surface area contributed by atoms with Crippen molar-refractivity contribution in [1.29, 1.82) is 0 Å². The van der Waals surface area contributed by atoms with Crippen molar-refractivity contribution >= 4 is 23.5 Å². The minimum Gasteiger partial charge on any atom is -0.335 e. The molecular formula is C24H22N8S2. The second kappa shape index (κ2) is 10.0. The lowest BCUT2D eigenvalue weighted by atomic mass is 10.1. The lowest BCUT2D eigenvalue weighted by Gasteiger charge is -2.09. The van der Waals surface area contributed by atoms with Crippen molar-refractivity contribution in [2.45, 2.75) is 21.8 Å². The van der Waals surface area contributed by atoms with E-state index < -0.39 is 0 Å². The average Bonchev–Trinajstić information content (AvgIpc) is 3.44. The van der Waals surface area contributed by atoms with Crippen LogP contribution in [0.15, 0.2) is 95.2 Å². The van der Waals surface area contributed by atoms with Crippen LogP contribution in [0, 0.1) is 0 Å². The topological polar surface area (TPSA) is 113 Å². The summed E-state index contributed by atoms with van der Waals surface area (Å²) in [4.78, 5) is 0. The first-order chi connectivity index (χ1) is 16.7. The van der Waals surface area contributed by atoms with E-state index >= 15 is 0 Å². The van der Waals surface area contributed by atoms with Gasteiger partial charge in [0.05, 0.1) is 0 Å². The number of benzene rings is 3. The van der Waals surface area contributed by atoms with Crippen molar-refractivity contribution in [3.8, 4) is 22.8 Å². The molecule has 0 spiro atoms. The van der Waals surface area contributed by atoms with Gasteiger partial charge in [-0.25, -0.2) is 9.35 Å². The third kappa shape index (κ3) is 4.63. The molecule has 0 saturated carbocycles. The molecule has 4 N–H and O–H groups in total. The van der Waals surface area contributed by atoms with Gasteiger partial charge in [-0.05, 0) is 11.1 Å².